The Morgan fingerprint density at radius 2 is 1.58 bits per heavy atom. The smallest absolute Gasteiger partial charge is 0.338 e. The monoisotopic (exact) mass is 447 g/mol. The lowest BCUT2D eigenvalue weighted by Gasteiger charge is -2.20. The molecule has 0 aliphatic rings. The number of carbonyl (C=O) groups is 2. The van der Waals surface area contributed by atoms with Gasteiger partial charge in [-0.2, -0.15) is 4.31 Å². The number of sulfonamides is 1. The Morgan fingerprint density at radius 3 is 2.13 bits per heavy atom. The number of ether oxygens (including phenoxy) is 2. The fraction of sp³-hybridized carbons (Fsp3) is 0.391. The van der Waals surface area contributed by atoms with Crippen LogP contribution in [0.15, 0.2) is 41.3 Å². The molecule has 0 fully saturated rings. The molecule has 7 nitrogen and oxygen atoms in total. The molecule has 0 spiro atoms. The van der Waals surface area contributed by atoms with E-state index in [0.717, 1.165) is 11.1 Å². The standard InChI is InChI=1S/C23H29NO6S/c1-7-24(8-2)31(27,28)21-14-19(11-12-20(21)29-6)23(26)30-17(5)22(25)18-10-9-15(3)16(4)13-18/h9-14,17H,7-8H2,1-6H3. The highest BCUT2D eigenvalue weighted by atomic mass is 32.2. The molecule has 0 aliphatic carbocycles. The van der Waals surface area contributed by atoms with Gasteiger partial charge in [-0.25, -0.2) is 13.2 Å². The summed E-state index contributed by atoms with van der Waals surface area (Å²) in [6.07, 6.45) is -1.03. The highest BCUT2D eigenvalue weighted by Crippen LogP contribution is 2.28. The Kier molecular flexibility index (Phi) is 7.97. The number of carbonyl (C=O) groups excluding carboxylic acids is 2. The summed E-state index contributed by atoms with van der Waals surface area (Å²) < 4.78 is 37.7. The zero-order valence-electron chi connectivity index (χ0n) is 18.8. The van der Waals surface area contributed by atoms with E-state index in [4.69, 9.17) is 9.47 Å². The van der Waals surface area contributed by atoms with E-state index in [-0.39, 0.29) is 35.1 Å². The molecule has 0 saturated carbocycles. The lowest BCUT2D eigenvalue weighted by molar-refractivity contribution is 0.0318. The first kappa shape index (κ1) is 24.6. The molecule has 2 aromatic carbocycles. The average molecular weight is 448 g/mol. The van der Waals surface area contributed by atoms with Crippen LogP contribution in [0, 0.1) is 13.8 Å². The van der Waals surface area contributed by atoms with Gasteiger partial charge in [0.1, 0.15) is 10.6 Å². The minimum absolute atomic E-state index is 0.0197. The molecule has 0 saturated heterocycles. The normalized spacial score (nSPS) is 12.5. The Labute approximate surface area is 184 Å². The van der Waals surface area contributed by atoms with Gasteiger partial charge in [-0.15, -0.1) is 0 Å². The molecule has 0 aliphatic heterocycles. The number of hydrogen-bond acceptors (Lipinski definition) is 6. The third-order valence-electron chi connectivity index (χ3n) is 5.17. The van der Waals surface area contributed by atoms with Crippen LogP contribution in [0.4, 0.5) is 0 Å². The van der Waals surface area contributed by atoms with Crippen LogP contribution in [0.1, 0.15) is 52.6 Å². The molecule has 0 heterocycles. The van der Waals surface area contributed by atoms with Gasteiger partial charge in [0.25, 0.3) is 0 Å². The van der Waals surface area contributed by atoms with Crippen LogP contribution in [-0.2, 0) is 14.8 Å². The summed E-state index contributed by atoms with van der Waals surface area (Å²) in [5.41, 5.74) is 2.49. The van der Waals surface area contributed by atoms with Crippen molar-refractivity contribution in [1.82, 2.24) is 4.31 Å². The van der Waals surface area contributed by atoms with Crippen molar-refractivity contribution in [1.29, 1.82) is 0 Å². The quantitative estimate of drug-likeness (QED) is 0.429. The Morgan fingerprint density at radius 1 is 0.968 bits per heavy atom. The lowest BCUT2D eigenvalue weighted by atomic mass is 10.0. The summed E-state index contributed by atoms with van der Waals surface area (Å²) in [5, 5.41) is 0. The first-order chi connectivity index (χ1) is 14.6. The Bertz CT molecular complexity index is 1070. The number of ketones is 1. The summed E-state index contributed by atoms with van der Waals surface area (Å²) >= 11 is 0. The van der Waals surface area contributed by atoms with Crippen LogP contribution in [-0.4, -0.2) is 50.8 Å². The molecule has 1 unspecified atom stereocenters. The van der Waals surface area contributed by atoms with Crippen molar-refractivity contribution in [3.05, 3.63) is 58.7 Å². The van der Waals surface area contributed by atoms with Crippen LogP contribution in [0.25, 0.3) is 0 Å². The number of hydrogen-bond donors (Lipinski definition) is 0. The van der Waals surface area contributed by atoms with Gasteiger partial charge in [-0.05, 0) is 56.2 Å². The second kappa shape index (κ2) is 10.1. The predicted octanol–water partition coefficient (Wildman–Crippen LogP) is 3.77. The maximum Gasteiger partial charge on any atom is 0.338 e. The number of benzene rings is 2. The number of Topliss-reactive ketones (excluding diaryl/α,β-unsaturated/α-hetero) is 1. The number of esters is 1. The molecule has 168 valence electrons. The van der Waals surface area contributed by atoms with Crippen molar-refractivity contribution in [2.75, 3.05) is 20.2 Å². The maximum absolute atomic E-state index is 13.0. The lowest BCUT2D eigenvalue weighted by Crippen LogP contribution is -2.31. The minimum Gasteiger partial charge on any atom is -0.495 e. The van der Waals surface area contributed by atoms with E-state index in [0.29, 0.717) is 5.56 Å². The second-order valence-corrected chi connectivity index (χ2v) is 9.07. The van der Waals surface area contributed by atoms with Gasteiger partial charge in [0.05, 0.1) is 12.7 Å². The largest absolute Gasteiger partial charge is 0.495 e. The molecule has 2 aromatic rings. The molecule has 2 rings (SSSR count). The van der Waals surface area contributed by atoms with E-state index in [2.05, 4.69) is 0 Å². The van der Waals surface area contributed by atoms with Gasteiger partial charge < -0.3 is 9.47 Å². The van der Waals surface area contributed by atoms with E-state index >= 15 is 0 Å². The van der Waals surface area contributed by atoms with Crippen molar-refractivity contribution >= 4 is 21.8 Å². The average Bonchev–Trinajstić information content (AvgIpc) is 2.75. The van der Waals surface area contributed by atoms with E-state index in [9.17, 15) is 18.0 Å². The molecule has 0 bridgehead atoms. The van der Waals surface area contributed by atoms with Crippen LogP contribution in [0.3, 0.4) is 0 Å². The van der Waals surface area contributed by atoms with E-state index in [1.165, 1.54) is 36.5 Å². The molecule has 0 radical (unpaired) electrons. The summed E-state index contributed by atoms with van der Waals surface area (Å²) in [7, 11) is -2.50. The van der Waals surface area contributed by atoms with Gasteiger partial charge in [0, 0.05) is 18.7 Å². The molecule has 0 aromatic heterocycles. The maximum atomic E-state index is 13.0. The molecular formula is C23H29NO6S. The number of aryl methyl sites for hydroxylation is 2. The Balaban J connectivity index is 2.31. The summed E-state index contributed by atoms with van der Waals surface area (Å²) in [6.45, 7) is 9.35. The number of rotatable bonds is 9. The van der Waals surface area contributed by atoms with E-state index < -0.39 is 22.1 Å². The molecule has 1 atom stereocenters. The zero-order valence-corrected chi connectivity index (χ0v) is 19.6. The highest BCUT2D eigenvalue weighted by molar-refractivity contribution is 7.89. The molecule has 31 heavy (non-hydrogen) atoms. The first-order valence-corrected chi connectivity index (χ1v) is 11.5. The van der Waals surface area contributed by atoms with E-state index in [1.807, 2.05) is 19.9 Å². The zero-order chi connectivity index (χ0) is 23.3. The summed E-state index contributed by atoms with van der Waals surface area (Å²) in [5.74, 6) is -0.994. The second-order valence-electron chi connectivity index (χ2n) is 7.17. The van der Waals surface area contributed by atoms with Gasteiger partial charge in [0.15, 0.2) is 6.10 Å². The van der Waals surface area contributed by atoms with Crippen LogP contribution < -0.4 is 4.74 Å². The molecule has 0 amide bonds. The van der Waals surface area contributed by atoms with Crippen LogP contribution >= 0.6 is 0 Å². The third-order valence-corrected chi connectivity index (χ3v) is 7.24. The van der Waals surface area contributed by atoms with Gasteiger partial charge in [-0.3, -0.25) is 4.79 Å². The molecule has 8 heteroatoms. The van der Waals surface area contributed by atoms with Gasteiger partial charge >= 0.3 is 5.97 Å². The molecule has 0 N–H and O–H groups in total. The SMILES string of the molecule is CCN(CC)S(=O)(=O)c1cc(C(=O)OC(C)C(=O)c2ccc(C)c(C)c2)ccc1OC. The van der Waals surface area contributed by atoms with Crippen molar-refractivity contribution in [3.63, 3.8) is 0 Å². The van der Waals surface area contributed by atoms with Crippen LogP contribution in [0.2, 0.25) is 0 Å². The fourth-order valence-electron chi connectivity index (χ4n) is 3.12. The van der Waals surface area contributed by atoms with Crippen molar-refractivity contribution in [3.8, 4) is 5.75 Å². The topological polar surface area (TPSA) is 90.0 Å². The van der Waals surface area contributed by atoms with Gasteiger partial charge in [0.2, 0.25) is 15.8 Å². The highest BCUT2D eigenvalue weighted by Gasteiger charge is 2.28. The van der Waals surface area contributed by atoms with Crippen molar-refractivity contribution < 1.29 is 27.5 Å². The first-order valence-electron chi connectivity index (χ1n) is 10.1. The Hall–Kier alpha value is -2.71. The van der Waals surface area contributed by atoms with E-state index in [1.54, 1.807) is 26.0 Å². The fourth-order valence-corrected chi connectivity index (χ4v) is 4.76. The van der Waals surface area contributed by atoms with Crippen LogP contribution in [0.5, 0.6) is 5.75 Å². The summed E-state index contributed by atoms with van der Waals surface area (Å²) in [6, 6.07) is 9.33. The third kappa shape index (κ3) is 5.32. The predicted molar refractivity (Wildman–Crippen MR) is 118 cm³/mol. The van der Waals surface area contributed by atoms with Crippen molar-refractivity contribution in [2.45, 2.75) is 45.6 Å². The van der Waals surface area contributed by atoms with Gasteiger partial charge in [-0.1, -0.05) is 26.0 Å². The number of nitrogens with zero attached hydrogens (tertiary/aromatic N) is 1. The van der Waals surface area contributed by atoms with Crippen molar-refractivity contribution in [2.24, 2.45) is 0 Å². The summed E-state index contributed by atoms with van der Waals surface area (Å²) in [4.78, 5) is 25.2. The minimum atomic E-state index is -3.86. The number of methoxy groups -OCH3 is 1. The molecular weight excluding hydrogens is 418 g/mol.